The van der Waals surface area contributed by atoms with Crippen molar-refractivity contribution in [1.29, 1.82) is 0 Å². The highest BCUT2D eigenvalue weighted by Crippen LogP contribution is 2.16. The molecule has 1 aliphatic rings. The van der Waals surface area contributed by atoms with Gasteiger partial charge in [-0.1, -0.05) is 30.3 Å². The Morgan fingerprint density at radius 2 is 2.00 bits per heavy atom. The van der Waals surface area contributed by atoms with Crippen molar-refractivity contribution >= 4 is 5.97 Å². The van der Waals surface area contributed by atoms with Gasteiger partial charge in [0.2, 0.25) is 0 Å². The third kappa shape index (κ3) is 1.78. The summed E-state index contributed by atoms with van der Waals surface area (Å²) in [4.78, 5) is 11.1. The van der Waals surface area contributed by atoms with E-state index in [1.807, 2.05) is 30.3 Å². The van der Waals surface area contributed by atoms with Crippen LogP contribution in [0.5, 0.6) is 0 Å². The third-order valence-corrected chi connectivity index (χ3v) is 2.10. The van der Waals surface area contributed by atoms with Gasteiger partial charge in [-0.2, -0.15) is 0 Å². The van der Waals surface area contributed by atoms with E-state index >= 15 is 0 Å². The maximum atomic E-state index is 11.1. The molecule has 1 aliphatic heterocycles. The predicted molar refractivity (Wildman–Crippen MR) is 48.9 cm³/mol. The van der Waals surface area contributed by atoms with Gasteiger partial charge in [-0.15, -0.1) is 0 Å². The lowest BCUT2D eigenvalue weighted by Crippen LogP contribution is -2.10. The molecule has 0 aromatic heterocycles. The number of benzene rings is 1. The molecule has 0 fully saturated rings. The average molecular weight is 174 g/mol. The second-order valence-corrected chi connectivity index (χ2v) is 3.06. The standard InChI is InChI=1S/C11H10O2/c12-11-10(6-7-13-11)8-9-4-2-1-3-5-9/h1-7,10H,8H2. The lowest BCUT2D eigenvalue weighted by atomic mass is 10.0. The fourth-order valence-corrected chi connectivity index (χ4v) is 1.39. The number of ether oxygens (including phenoxy) is 1. The highest BCUT2D eigenvalue weighted by molar-refractivity contribution is 5.77. The SMILES string of the molecule is O=C1OC=CC1Cc1ccccc1. The highest BCUT2D eigenvalue weighted by Gasteiger charge is 2.21. The van der Waals surface area contributed by atoms with Crippen LogP contribution >= 0.6 is 0 Å². The summed E-state index contributed by atoms with van der Waals surface area (Å²) in [5, 5.41) is 0. The summed E-state index contributed by atoms with van der Waals surface area (Å²) in [5.74, 6) is -0.244. The Morgan fingerprint density at radius 3 is 2.62 bits per heavy atom. The van der Waals surface area contributed by atoms with Crippen molar-refractivity contribution in [3.05, 3.63) is 48.2 Å². The van der Waals surface area contributed by atoms with Gasteiger partial charge in [-0.25, -0.2) is 0 Å². The second-order valence-electron chi connectivity index (χ2n) is 3.06. The Bertz CT molecular complexity index is 327. The molecule has 0 saturated carbocycles. The quantitative estimate of drug-likeness (QED) is 0.640. The first-order valence-electron chi connectivity index (χ1n) is 4.27. The Balaban J connectivity index is 2.06. The van der Waals surface area contributed by atoms with Crippen LogP contribution < -0.4 is 0 Å². The van der Waals surface area contributed by atoms with Gasteiger partial charge in [0.05, 0.1) is 12.2 Å². The average Bonchev–Trinajstić information content (AvgIpc) is 2.54. The molecule has 2 heteroatoms. The Hall–Kier alpha value is -1.57. The van der Waals surface area contributed by atoms with Gasteiger partial charge >= 0.3 is 5.97 Å². The van der Waals surface area contributed by atoms with Crippen molar-refractivity contribution in [2.24, 2.45) is 5.92 Å². The van der Waals surface area contributed by atoms with Crippen molar-refractivity contribution in [2.75, 3.05) is 0 Å². The maximum Gasteiger partial charge on any atom is 0.318 e. The smallest absolute Gasteiger partial charge is 0.318 e. The molecule has 1 aromatic carbocycles. The van der Waals surface area contributed by atoms with E-state index < -0.39 is 0 Å². The summed E-state index contributed by atoms with van der Waals surface area (Å²) in [6.45, 7) is 0. The fourth-order valence-electron chi connectivity index (χ4n) is 1.39. The largest absolute Gasteiger partial charge is 0.434 e. The van der Waals surface area contributed by atoms with Crippen molar-refractivity contribution in [2.45, 2.75) is 6.42 Å². The van der Waals surface area contributed by atoms with Crippen LogP contribution in [0.15, 0.2) is 42.7 Å². The molecule has 2 nitrogen and oxygen atoms in total. The summed E-state index contributed by atoms with van der Waals surface area (Å²) >= 11 is 0. The minimum atomic E-state index is -0.149. The Labute approximate surface area is 76.8 Å². The molecule has 0 N–H and O–H groups in total. The molecule has 1 atom stereocenters. The predicted octanol–water partition coefficient (Wildman–Crippen LogP) is 1.92. The number of esters is 1. The van der Waals surface area contributed by atoms with Crippen molar-refractivity contribution in [3.8, 4) is 0 Å². The number of hydrogen-bond acceptors (Lipinski definition) is 2. The Morgan fingerprint density at radius 1 is 1.23 bits per heavy atom. The highest BCUT2D eigenvalue weighted by atomic mass is 16.5. The van der Waals surface area contributed by atoms with E-state index in [4.69, 9.17) is 4.74 Å². The number of hydrogen-bond donors (Lipinski definition) is 0. The zero-order chi connectivity index (χ0) is 9.10. The van der Waals surface area contributed by atoms with Crippen molar-refractivity contribution < 1.29 is 9.53 Å². The van der Waals surface area contributed by atoms with E-state index in [2.05, 4.69) is 0 Å². The molecule has 2 rings (SSSR count). The number of rotatable bonds is 2. The van der Waals surface area contributed by atoms with Crippen LogP contribution in [0.4, 0.5) is 0 Å². The van der Waals surface area contributed by atoms with Crippen LogP contribution in [0, 0.1) is 5.92 Å². The molecular formula is C11H10O2. The molecule has 13 heavy (non-hydrogen) atoms. The topological polar surface area (TPSA) is 26.3 Å². The van der Waals surface area contributed by atoms with Crippen LogP contribution in [0.1, 0.15) is 5.56 Å². The molecule has 0 aliphatic carbocycles. The van der Waals surface area contributed by atoms with Crippen LogP contribution in [-0.4, -0.2) is 5.97 Å². The summed E-state index contributed by atoms with van der Waals surface area (Å²) in [6.07, 6.45) is 4.00. The van der Waals surface area contributed by atoms with E-state index in [-0.39, 0.29) is 11.9 Å². The molecule has 0 bridgehead atoms. The first kappa shape index (κ1) is 8.05. The lowest BCUT2D eigenvalue weighted by molar-refractivity contribution is -0.138. The first-order chi connectivity index (χ1) is 6.36. The van der Waals surface area contributed by atoms with E-state index in [1.165, 1.54) is 6.26 Å². The number of carbonyl (C=O) groups is 1. The molecule has 1 unspecified atom stereocenters. The first-order valence-corrected chi connectivity index (χ1v) is 4.27. The molecule has 0 spiro atoms. The minimum Gasteiger partial charge on any atom is -0.434 e. The summed E-state index contributed by atoms with van der Waals surface area (Å²) in [5.41, 5.74) is 1.16. The molecule has 1 aromatic rings. The van der Waals surface area contributed by atoms with Gasteiger partial charge in [0.15, 0.2) is 0 Å². The van der Waals surface area contributed by atoms with Gasteiger partial charge in [-0.05, 0) is 18.1 Å². The number of carbonyl (C=O) groups excluding carboxylic acids is 1. The van der Waals surface area contributed by atoms with E-state index in [1.54, 1.807) is 6.08 Å². The van der Waals surface area contributed by atoms with E-state index in [0.717, 1.165) is 12.0 Å². The second kappa shape index (κ2) is 3.44. The minimum absolute atomic E-state index is 0.0950. The van der Waals surface area contributed by atoms with Crippen LogP contribution in [-0.2, 0) is 16.0 Å². The van der Waals surface area contributed by atoms with Crippen LogP contribution in [0.25, 0.3) is 0 Å². The fraction of sp³-hybridized carbons (Fsp3) is 0.182. The van der Waals surface area contributed by atoms with Crippen LogP contribution in [0.2, 0.25) is 0 Å². The zero-order valence-electron chi connectivity index (χ0n) is 7.14. The third-order valence-electron chi connectivity index (χ3n) is 2.10. The van der Waals surface area contributed by atoms with Gasteiger partial charge in [0.25, 0.3) is 0 Å². The Kier molecular flexibility index (Phi) is 2.13. The van der Waals surface area contributed by atoms with E-state index in [9.17, 15) is 4.79 Å². The van der Waals surface area contributed by atoms with Gasteiger partial charge in [0.1, 0.15) is 0 Å². The van der Waals surface area contributed by atoms with Gasteiger partial charge in [0, 0.05) is 0 Å². The summed E-state index contributed by atoms with van der Waals surface area (Å²) in [7, 11) is 0. The normalized spacial score (nSPS) is 20.3. The van der Waals surface area contributed by atoms with Gasteiger partial charge in [-0.3, -0.25) is 4.79 Å². The monoisotopic (exact) mass is 174 g/mol. The summed E-state index contributed by atoms with van der Waals surface area (Å²) < 4.78 is 4.72. The molecule has 0 radical (unpaired) electrons. The van der Waals surface area contributed by atoms with Crippen LogP contribution in [0.3, 0.4) is 0 Å². The maximum absolute atomic E-state index is 11.1. The lowest BCUT2D eigenvalue weighted by Gasteiger charge is -2.03. The van der Waals surface area contributed by atoms with Crippen molar-refractivity contribution in [3.63, 3.8) is 0 Å². The van der Waals surface area contributed by atoms with Gasteiger partial charge < -0.3 is 4.74 Å². The summed E-state index contributed by atoms with van der Waals surface area (Å²) in [6, 6.07) is 9.93. The molecular weight excluding hydrogens is 164 g/mol. The van der Waals surface area contributed by atoms with E-state index in [0.29, 0.717) is 0 Å². The molecule has 0 amide bonds. The zero-order valence-corrected chi connectivity index (χ0v) is 7.14. The molecule has 66 valence electrons. The molecule has 0 saturated heterocycles. The van der Waals surface area contributed by atoms with Crippen molar-refractivity contribution in [1.82, 2.24) is 0 Å². The molecule has 1 heterocycles. The number of cyclic esters (lactones) is 1.